The van der Waals surface area contributed by atoms with Crippen molar-refractivity contribution in [3.8, 4) is 0 Å². The van der Waals surface area contributed by atoms with Gasteiger partial charge in [0.05, 0.1) is 0 Å². The van der Waals surface area contributed by atoms with Crippen molar-refractivity contribution in [1.82, 2.24) is 5.32 Å². The second-order valence-electron chi connectivity index (χ2n) is 4.04. The van der Waals surface area contributed by atoms with Gasteiger partial charge >= 0.3 is 0 Å². The molecule has 0 amide bonds. The highest BCUT2D eigenvalue weighted by Crippen LogP contribution is 2.17. The highest BCUT2D eigenvalue weighted by Gasteiger charge is 2.12. The Morgan fingerprint density at radius 2 is 2.07 bits per heavy atom. The van der Waals surface area contributed by atoms with E-state index in [4.69, 9.17) is 11.6 Å². The summed E-state index contributed by atoms with van der Waals surface area (Å²) in [5.41, 5.74) is 1.41. The molecule has 1 aromatic rings. The summed E-state index contributed by atoms with van der Waals surface area (Å²) >= 11 is 5.84. The van der Waals surface area contributed by atoms with Crippen LogP contribution in [0.5, 0.6) is 0 Å². The Balaban J connectivity index is 1.92. The molecule has 0 aliphatic carbocycles. The molecule has 1 heterocycles. The summed E-state index contributed by atoms with van der Waals surface area (Å²) in [7, 11) is 0. The molecule has 1 saturated heterocycles. The topological polar surface area (TPSA) is 12.0 Å². The van der Waals surface area contributed by atoms with Crippen LogP contribution in [0.15, 0.2) is 24.3 Å². The van der Waals surface area contributed by atoms with E-state index >= 15 is 0 Å². The van der Waals surface area contributed by atoms with E-state index in [1.807, 2.05) is 12.1 Å². The van der Waals surface area contributed by atoms with E-state index in [1.165, 1.54) is 37.9 Å². The van der Waals surface area contributed by atoms with Crippen molar-refractivity contribution < 1.29 is 0 Å². The van der Waals surface area contributed by atoms with Crippen LogP contribution >= 0.6 is 11.6 Å². The van der Waals surface area contributed by atoms with Crippen molar-refractivity contribution in [2.75, 3.05) is 13.1 Å². The van der Waals surface area contributed by atoms with Gasteiger partial charge in [-0.15, -0.1) is 0 Å². The van der Waals surface area contributed by atoms with Crippen LogP contribution in [-0.4, -0.2) is 13.1 Å². The summed E-state index contributed by atoms with van der Waals surface area (Å²) < 4.78 is 0. The highest BCUT2D eigenvalue weighted by atomic mass is 35.5. The van der Waals surface area contributed by atoms with E-state index < -0.39 is 0 Å². The monoisotopic (exact) mass is 209 g/mol. The number of rotatable bonds is 2. The second-order valence-corrected chi connectivity index (χ2v) is 4.48. The second kappa shape index (κ2) is 4.81. The fraction of sp³-hybridized carbons (Fsp3) is 0.500. The minimum atomic E-state index is 0.810. The molecule has 1 atom stereocenters. The Bertz CT molecular complexity index is 275. The lowest BCUT2D eigenvalue weighted by molar-refractivity contribution is 0.376. The molecule has 0 spiro atoms. The van der Waals surface area contributed by atoms with E-state index in [0.717, 1.165) is 10.9 Å². The normalized spacial score (nSPS) is 22.2. The minimum absolute atomic E-state index is 0.810. The molecule has 0 radical (unpaired) electrons. The molecule has 1 aliphatic heterocycles. The predicted octanol–water partition coefficient (Wildman–Crippen LogP) is 2.88. The smallest absolute Gasteiger partial charge is 0.0406 e. The maximum atomic E-state index is 5.84. The van der Waals surface area contributed by atoms with Crippen LogP contribution in [0, 0.1) is 5.92 Å². The summed E-state index contributed by atoms with van der Waals surface area (Å²) in [5, 5.41) is 4.27. The first-order chi connectivity index (χ1) is 6.84. The van der Waals surface area contributed by atoms with Gasteiger partial charge in [0.1, 0.15) is 0 Å². The summed E-state index contributed by atoms with van der Waals surface area (Å²) in [5.74, 6) is 0.810. The van der Waals surface area contributed by atoms with Crippen LogP contribution < -0.4 is 5.32 Å². The largest absolute Gasteiger partial charge is 0.316 e. The van der Waals surface area contributed by atoms with E-state index in [0.29, 0.717) is 0 Å². The zero-order chi connectivity index (χ0) is 9.80. The first kappa shape index (κ1) is 10.0. The van der Waals surface area contributed by atoms with Gasteiger partial charge in [0, 0.05) is 5.02 Å². The minimum Gasteiger partial charge on any atom is -0.316 e. The maximum Gasteiger partial charge on any atom is 0.0406 e. The van der Waals surface area contributed by atoms with E-state index in [2.05, 4.69) is 17.4 Å². The molecule has 0 aromatic heterocycles. The molecule has 0 bridgehead atoms. The van der Waals surface area contributed by atoms with Gasteiger partial charge in [-0.1, -0.05) is 23.7 Å². The molecule has 1 aliphatic rings. The Morgan fingerprint density at radius 3 is 2.71 bits per heavy atom. The Labute approximate surface area is 90.5 Å². The van der Waals surface area contributed by atoms with Gasteiger partial charge in [0.2, 0.25) is 0 Å². The van der Waals surface area contributed by atoms with Gasteiger partial charge < -0.3 is 5.32 Å². The molecule has 14 heavy (non-hydrogen) atoms. The Hall–Kier alpha value is -0.530. The molecule has 76 valence electrons. The number of benzene rings is 1. The van der Waals surface area contributed by atoms with Crippen LogP contribution in [-0.2, 0) is 6.42 Å². The van der Waals surface area contributed by atoms with Crippen molar-refractivity contribution >= 4 is 11.6 Å². The van der Waals surface area contributed by atoms with Crippen molar-refractivity contribution in [1.29, 1.82) is 0 Å². The predicted molar refractivity (Wildman–Crippen MR) is 60.7 cm³/mol. The van der Waals surface area contributed by atoms with Crippen LogP contribution in [0.25, 0.3) is 0 Å². The Morgan fingerprint density at radius 1 is 1.29 bits per heavy atom. The van der Waals surface area contributed by atoms with Crippen molar-refractivity contribution in [2.45, 2.75) is 19.3 Å². The number of hydrogen-bond donors (Lipinski definition) is 1. The third-order valence-corrected chi connectivity index (χ3v) is 3.09. The SMILES string of the molecule is Clc1ccc(C[C@@H]2CCCNC2)cc1. The number of nitrogens with one attached hydrogen (secondary N) is 1. The van der Waals surface area contributed by atoms with E-state index in [1.54, 1.807) is 0 Å². The zero-order valence-corrected chi connectivity index (χ0v) is 9.06. The van der Waals surface area contributed by atoms with Gasteiger partial charge in [-0.2, -0.15) is 0 Å². The van der Waals surface area contributed by atoms with E-state index in [9.17, 15) is 0 Å². The summed E-state index contributed by atoms with van der Waals surface area (Å²) in [6, 6.07) is 8.23. The molecule has 1 aromatic carbocycles. The fourth-order valence-corrected chi connectivity index (χ4v) is 2.18. The first-order valence-corrected chi connectivity index (χ1v) is 5.67. The average molecular weight is 210 g/mol. The summed E-state index contributed by atoms with van der Waals surface area (Å²) in [6.07, 6.45) is 3.86. The maximum absolute atomic E-state index is 5.84. The molecule has 0 saturated carbocycles. The standard InChI is InChI=1S/C12H16ClN/c13-12-5-3-10(4-6-12)8-11-2-1-7-14-9-11/h3-6,11,14H,1-2,7-9H2/t11-/m0/s1. The van der Waals surface area contributed by atoms with E-state index in [-0.39, 0.29) is 0 Å². The number of piperidine rings is 1. The van der Waals surface area contributed by atoms with Gasteiger partial charge in [-0.3, -0.25) is 0 Å². The lowest BCUT2D eigenvalue weighted by atomic mass is 9.92. The quantitative estimate of drug-likeness (QED) is 0.790. The molecule has 0 unspecified atom stereocenters. The van der Waals surface area contributed by atoms with Gasteiger partial charge in [-0.05, 0) is 56.0 Å². The summed E-state index contributed by atoms with van der Waals surface area (Å²) in [6.45, 7) is 2.36. The molecule has 1 nitrogen and oxygen atoms in total. The Kier molecular flexibility index (Phi) is 3.44. The number of halogens is 1. The van der Waals surface area contributed by atoms with Gasteiger partial charge in [0.15, 0.2) is 0 Å². The molecule has 2 rings (SSSR count). The van der Waals surface area contributed by atoms with Crippen molar-refractivity contribution in [3.05, 3.63) is 34.9 Å². The van der Waals surface area contributed by atoms with Crippen LogP contribution in [0.4, 0.5) is 0 Å². The molecule has 1 N–H and O–H groups in total. The van der Waals surface area contributed by atoms with Gasteiger partial charge in [0.25, 0.3) is 0 Å². The van der Waals surface area contributed by atoms with Crippen LogP contribution in [0.2, 0.25) is 5.02 Å². The van der Waals surface area contributed by atoms with Crippen LogP contribution in [0.3, 0.4) is 0 Å². The number of hydrogen-bond acceptors (Lipinski definition) is 1. The third kappa shape index (κ3) is 2.73. The molecule has 1 fully saturated rings. The first-order valence-electron chi connectivity index (χ1n) is 5.30. The van der Waals surface area contributed by atoms with Gasteiger partial charge in [-0.25, -0.2) is 0 Å². The zero-order valence-electron chi connectivity index (χ0n) is 8.30. The lowest BCUT2D eigenvalue weighted by Crippen LogP contribution is -2.30. The van der Waals surface area contributed by atoms with Crippen molar-refractivity contribution in [3.63, 3.8) is 0 Å². The molecular formula is C12H16ClN. The molecule has 2 heteroatoms. The molecular weight excluding hydrogens is 194 g/mol. The van der Waals surface area contributed by atoms with Crippen LogP contribution in [0.1, 0.15) is 18.4 Å². The average Bonchev–Trinajstić information content (AvgIpc) is 2.23. The lowest BCUT2D eigenvalue weighted by Gasteiger charge is -2.22. The highest BCUT2D eigenvalue weighted by molar-refractivity contribution is 6.30. The van der Waals surface area contributed by atoms with Crippen molar-refractivity contribution in [2.24, 2.45) is 5.92 Å². The third-order valence-electron chi connectivity index (χ3n) is 2.84. The summed E-state index contributed by atoms with van der Waals surface area (Å²) in [4.78, 5) is 0. The fourth-order valence-electron chi connectivity index (χ4n) is 2.05.